The lowest BCUT2D eigenvalue weighted by Crippen LogP contribution is -1.81. The van der Waals surface area contributed by atoms with Gasteiger partial charge in [-0.05, 0) is 23.8 Å². The Balaban J connectivity index is 2.11. The molecule has 15 heavy (non-hydrogen) atoms. The molecule has 1 aromatic heterocycles. The lowest BCUT2D eigenvalue weighted by Gasteiger charge is -1.98. The number of benzene rings is 1. The Morgan fingerprint density at radius 2 is 2.00 bits per heavy atom. The topological polar surface area (TPSA) is 48.2 Å². The van der Waals surface area contributed by atoms with Crippen LogP contribution in [0.25, 0.3) is 12.2 Å². The molecule has 0 bridgehead atoms. The highest BCUT2D eigenvalue weighted by Gasteiger charge is 1.92. The summed E-state index contributed by atoms with van der Waals surface area (Å²) in [5.41, 5.74) is 1.05. The first-order valence-corrected chi connectivity index (χ1v) is 4.47. The highest BCUT2D eigenvalue weighted by atomic mass is 16.5. The summed E-state index contributed by atoms with van der Waals surface area (Å²) in [4.78, 5) is 0. The fraction of sp³-hybridized carbons (Fsp3) is 0.0909. The van der Waals surface area contributed by atoms with Gasteiger partial charge in [-0.1, -0.05) is 12.1 Å². The van der Waals surface area contributed by atoms with Crippen molar-refractivity contribution in [1.29, 1.82) is 0 Å². The van der Waals surface area contributed by atoms with Gasteiger partial charge in [-0.15, -0.1) is 10.2 Å². The molecule has 1 aromatic carbocycles. The van der Waals surface area contributed by atoms with Crippen LogP contribution in [-0.4, -0.2) is 17.3 Å². The Morgan fingerprint density at radius 1 is 1.20 bits per heavy atom. The first-order chi connectivity index (χ1) is 7.38. The lowest BCUT2D eigenvalue weighted by molar-refractivity contribution is 0.415. The molecule has 76 valence electrons. The van der Waals surface area contributed by atoms with Crippen molar-refractivity contribution in [3.63, 3.8) is 0 Å². The molecule has 4 heteroatoms. The quantitative estimate of drug-likeness (QED) is 0.765. The smallest absolute Gasteiger partial charge is 0.240 e. The van der Waals surface area contributed by atoms with Gasteiger partial charge in [0.2, 0.25) is 12.3 Å². The SMILES string of the molecule is COc1ccc(/C=C/c2nnco2)cc1. The Kier molecular flexibility index (Phi) is 2.78. The monoisotopic (exact) mass is 202 g/mol. The highest BCUT2D eigenvalue weighted by molar-refractivity contribution is 5.66. The van der Waals surface area contributed by atoms with E-state index in [9.17, 15) is 0 Å². The fourth-order valence-electron chi connectivity index (χ4n) is 1.14. The van der Waals surface area contributed by atoms with Gasteiger partial charge < -0.3 is 9.15 Å². The maximum absolute atomic E-state index is 5.05. The van der Waals surface area contributed by atoms with Gasteiger partial charge in [-0.3, -0.25) is 0 Å². The normalized spacial score (nSPS) is 10.7. The minimum Gasteiger partial charge on any atom is -0.497 e. The molecule has 0 aliphatic carbocycles. The van der Waals surface area contributed by atoms with E-state index in [4.69, 9.17) is 9.15 Å². The van der Waals surface area contributed by atoms with E-state index in [1.54, 1.807) is 13.2 Å². The highest BCUT2D eigenvalue weighted by Crippen LogP contribution is 2.13. The average Bonchev–Trinajstić information content (AvgIpc) is 2.80. The summed E-state index contributed by atoms with van der Waals surface area (Å²) in [7, 11) is 1.64. The van der Waals surface area contributed by atoms with E-state index in [0.717, 1.165) is 11.3 Å². The summed E-state index contributed by atoms with van der Waals surface area (Å²) in [6.45, 7) is 0. The summed E-state index contributed by atoms with van der Waals surface area (Å²) >= 11 is 0. The van der Waals surface area contributed by atoms with Gasteiger partial charge in [0.05, 0.1) is 7.11 Å². The number of rotatable bonds is 3. The minimum absolute atomic E-state index is 0.491. The maximum atomic E-state index is 5.05. The molecule has 0 radical (unpaired) electrons. The van der Waals surface area contributed by atoms with Crippen LogP contribution in [0.4, 0.5) is 0 Å². The predicted octanol–water partition coefficient (Wildman–Crippen LogP) is 2.25. The second kappa shape index (κ2) is 4.41. The van der Waals surface area contributed by atoms with E-state index < -0.39 is 0 Å². The summed E-state index contributed by atoms with van der Waals surface area (Å²) in [6, 6.07) is 7.69. The predicted molar refractivity (Wildman–Crippen MR) is 56.2 cm³/mol. The number of methoxy groups -OCH3 is 1. The molecule has 0 atom stereocenters. The Bertz CT molecular complexity index is 432. The fourth-order valence-corrected chi connectivity index (χ4v) is 1.14. The number of nitrogens with zero attached hydrogens (tertiary/aromatic N) is 2. The van der Waals surface area contributed by atoms with Crippen molar-refractivity contribution < 1.29 is 9.15 Å². The molecule has 0 saturated carbocycles. The largest absolute Gasteiger partial charge is 0.497 e. The molecule has 0 spiro atoms. The summed E-state index contributed by atoms with van der Waals surface area (Å²) in [5.74, 6) is 1.33. The standard InChI is InChI=1S/C11H10N2O2/c1-14-10-5-2-9(3-6-10)4-7-11-13-12-8-15-11/h2-8H,1H3/b7-4+. The zero-order valence-electron chi connectivity index (χ0n) is 8.25. The van der Waals surface area contributed by atoms with Gasteiger partial charge in [-0.2, -0.15) is 0 Å². The van der Waals surface area contributed by atoms with E-state index >= 15 is 0 Å². The Hall–Kier alpha value is -2.10. The van der Waals surface area contributed by atoms with Gasteiger partial charge >= 0.3 is 0 Å². The first kappa shape index (κ1) is 9.45. The van der Waals surface area contributed by atoms with E-state index in [1.807, 2.05) is 30.3 Å². The summed E-state index contributed by atoms with van der Waals surface area (Å²) in [6.07, 6.45) is 4.95. The second-order valence-corrected chi connectivity index (χ2v) is 2.88. The molecule has 4 nitrogen and oxygen atoms in total. The summed E-state index contributed by atoms with van der Waals surface area (Å²) in [5, 5.41) is 7.31. The van der Waals surface area contributed by atoms with Crippen LogP contribution in [0.15, 0.2) is 35.1 Å². The van der Waals surface area contributed by atoms with Crippen LogP contribution in [0.2, 0.25) is 0 Å². The van der Waals surface area contributed by atoms with Crippen LogP contribution < -0.4 is 4.74 Å². The van der Waals surface area contributed by atoms with Crippen LogP contribution in [0.5, 0.6) is 5.75 Å². The first-order valence-electron chi connectivity index (χ1n) is 4.47. The van der Waals surface area contributed by atoms with Gasteiger partial charge in [0.25, 0.3) is 0 Å². The van der Waals surface area contributed by atoms with Crippen LogP contribution in [-0.2, 0) is 0 Å². The molecule has 0 amide bonds. The summed E-state index contributed by atoms with van der Waals surface area (Å²) < 4.78 is 10.0. The Labute approximate surface area is 87.2 Å². The van der Waals surface area contributed by atoms with Crippen molar-refractivity contribution >= 4 is 12.2 Å². The van der Waals surface area contributed by atoms with E-state index in [1.165, 1.54) is 6.39 Å². The zero-order chi connectivity index (χ0) is 10.5. The van der Waals surface area contributed by atoms with E-state index in [2.05, 4.69) is 10.2 Å². The maximum Gasteiger partial charge on any atom is 0.240 e. The van der Waals surface area contributed by atoms with Crippen molar-refractivity contribution in [1.82, 2.24) is 10.2 Å². The number of hydrogen-bond acceptors (Lipinski definition) is 4. The van der Waals surface area contributed by atoms with Gasteiger partial charge in [0.1, 0.15) is 5.75 Å². The van der Waals surface area contributed by atoms with Crippen LogP contribution in [0.1, 0.15) is 11.5 Å². The Morgan fingerprint density at radius 3 is 2.60 bits per heavy atom. The van der Waals surface area contributed by atoms with Crippen molar-refractivity contribution in [2.24, 2.45) is 0 Å². The molecule has 2 rings (SSSR count). The third kappa shape index (κ3) is 2.43. The lowest BCUT2D eigenvalue weighted by atomic mass is 10.2. The van der Waals surface area contributed by atoms with Gasteiger partial charge in [0.15, 0.2) is 0 Å². The molecule has 0 saturated heterocycles. The van der Waals surface area contributed by atoms with Crippen molar-refractivity contribution in [2.45, 2.75) is 0 Å². The van der Waals surface area contributed by atoms with Crippen LogP contribution >= 0.6 is 0 Å². The third-order valence-corrected chi connectivity index (χ3v) is 1.91. The molecular formula is C11H10N2O2. The molecule has 0 unspecified atom stereocenters. The third-order valence-electron chi connectivity index (χ3n) is 1.91. The minimum atomic E-state index is 0.491. The van der Waals surface area contributed by atoms with Gasteiger partial charge in [0, 0.05) is 6.08 Å². The van der Waals surface area contributed by atoms with Crippen LogP contribution in [0.3, 0.4) is 0 Å². The van der Waals surface area contributed by atoms with Gasteiger partial charge in [-0.25, -0.2) is 0 Å². The molecule has 0 aliphatic rings. The van der Waals surface area contributed by atoms with Crippen LogP contribution in [0, 0.1) is 0 Å². The molecule has 0 aliphatic heterocycles. The number of hydrogen-bond donors (Lipinski definition) is 0. The number of aromatic nitrogens is 2. The molecule has 2 aromatic rings. The molecular weight excluding hydrogens is 192 g/mol. The average molecular weight is 202 g/mol. The molecule has 1 heterocycles. The molecule has 0 fully saturated rings. The van der Waals surface area contributed by atoms with Crippen molar-refractivity contribution in [3.8, 4) is 5.75 Å². The molecule has 0 N–H and O–H groups in total. The van der Waals surface area contributed by atoms with E-state index in [0.29, 0.717) is 5.89 Å². The zero-order valence-corrected chi connectivity index (χ0v) is 8.25. The second-order valence-electron chi connectivity index (χ2n) is 2.88. The van der Waals surface area contributed by atoms with Crippen molar-refractivity contribution in [3.05, 3.63) is 42.1 Å². The van der Waals surface area contributed by atoms with Crippen molar-refractivity contribution in [2.75, 3.05) is 7.11 Å². The number of ether oxygens (including phenoxy) is 1. The van der Waals surface area contributed by atoms with E-state index in [-0.39, 0.29) is 0 Å².